The first-order valence-electron chi connectivity index (χ1n) is 9.05. The monoisotopic (exact) mass is 353 g/mol. The van der Waals surface area contributed by atoms with Gasteiger partial charge in [0.05, 0.1) is 6.61 Å². The molecule has 0 spiro atoms. The molecule has 0 radical (unpaired) electrons. The number of ketones is 1. The maximum atomic E-state index is 12.5. The van der Waals surface area contributed by atoms with Gasteiger partial charge < -0.3 is 9.64 Å². The molecule has 1 aromatic carbocycles. The Morgan fingerprint density at radius 1 is 1.21 bits per heavy atom. The minimum atomic E-state index is 0. The van der Waals surface area contributed by atoms with Crippen LogP contribution >= 0.6 is 12.4 Å². The topological polar surface area (TPSA) is 29.5 Å². The van der Waals surface area contributed by atoms with Crippen molar-refractivity contribution < 1.29 is 9.53 Å². The van der Waals surface area contributed by atoms with Gasteiger partial charge in [-0.25, -0.2) is 0 Å². The average Bonchev–Trinajstić information content (AvgIpc) is 2.53. The van der Waals surface area contributed by atoms with E-state index in [0.29, 0.717) is 12.3 Å². The van der Waals surface area contributed by atoms with Crippen molar-refractivity contribution in [2.24, 2.45) is 5.92 Å². The highest BCUT2D eigenvalue weighted by Gasteiger charge is 2.14. The van der Waals surface area contributed by atoms with Gasteiger partial charge in [0.2, 0.25) is 0 Å². The zero-order chi connectivity index (χ0) is 16.7. The minimum Gasteiger partial charge on any atom is -0.494 e. The summed E-state index contributed by atoms with van der Waals surface area (Å²) in [4.78, 5) is 14.9. The van der Waals surface area contributed by atoms with Gasteiger partial charge in [-0.1, -0.05) is 20.3 Å². The number of carbonyl (C=O) groups excluding carboxylic acids is 1. The molecule has 4 heteroatoms. The number of Topliss-reactive ketones (excluding diaryl/α,β-unsaturated/α-hetero) is 1. The predicted octanol–water partition coefficient (Wildman–Crippen LogP) is 4.90. The van der Waals surface area contributed by atoms with Crippen LogP contribution in [0, 0.1) is 12.8 Å². The fraction of sp³-hybridized carbons (Fsp3) is 0.650. The van der Waals surface area contributed by atoms with Gasteiger partial charge in [-0.2, -0.15) is 0 Å². The number of piperidine rings is 1. The highest BCUT2D eigenvalue weighted by molar-refractivity contribution is 5.97. The fourth-order valence-electron chi connectivity index (χ4n) is 3.03. The lowest BCUT2D eigenvalue weighted by molar-refractivity contribution is 0.0958. The lowest BCUT2D eigenvalue weighted by Crippen LogP contribution is -2.31. The third-order valence-electron chi connectivity index (χ3n) is 4.57. The number of rotatable bonds is 8. The Balaban J connectivity index is 0.00000288. The van der Waals surface area contributed by atoms with E-state index < -0.39 is 0 Å². The van der Waals surface area contributed by atoms with Gasteiger partial charge >= 0.3 is 0 Å². The molecular weight excluding hydrogens is 322 g/mol. The number of aryl methyl sites for hydroxylation is 1. The Morgan fingerprint density at radius 3 is 2.54 bits per heavy atom. The number of likely N-dealkylation sites (tertiary alicyclic amines) is 1. The van der Waals surface area contributed by atoms with Crippen molar-refractivity contribution in [1.82, 2.24) is 4.90 Å². The Bertz CT molecular complexity index is 510. The Hall–Kier alpha value is -1.06. The van der Waals surface area contributed by atoms with Crippen molar-refractivity contribution >= 4 is 18.2 Å². The second-order valence-electron chi connectivity index (χ2n) is 7.08. The summed E-state index contributed by atoms with van der Waals surface area (Å²) in [7, 11) is 0. The van der Waals surface area contributed by atoms with Crippen LogP contribution in [0.25, 0.3) is 0 Å². The molecule has 0 saturated carbocycles. The van der Waals surface area contributed by atoms with Gasteiger partial charge in [0.25, 0.3) is 0 Å². The molecule has 3 nitrogen and oxygen atoms in total. The van der Waals surface area contributed by atoms with Crippen molar-refractivity contribution in [3.63, 3.8) is 0 Å². The number of hydrogen-bond acceptors (Lipinski definition) is 3. The molecule has 1 saturated heterocycles. The number of hydrogen-bond donors (Lipinski definition) is 0. The van der Waals surface area contributed by atoms with E-state index in [0.717, 1.165) is 49.5 Å². The molecule has 0 unspecified atom stereocenters. The molecule has 0 amide bonds. The maximum absolute atomic E-state index is 12.5. The van der Waals surface area contributed by atoms with Crippen molar-refractivity contribution in [1.29, 1.82) is 0 Å². The molecule has 2 rings (SSSR count). The van der Waals surface area contributed by atoms with Crippen LogP contribution < -0.4 is 4.74 Å². The summed E-state index contributed by atoms with van der Waals surface area (Å²) >= 11 is 0. The van der Waals surface area contributed by atoms with Crippen LogP contribution in [0.4, 0.5) is 0 Å². The predicted molar refractivity (Wildman–Crippen MR) is 103 cm³/mol. The number of halogens is 1. The van der Waals surface area contributed by atoms with E-state index in [1.54, 1.807) is 0 Å². The number of carbonyl (C=O) groups is 1. The fourth-order valence-corrected chi connectivity index (χ4v) is 3.03. The number of benzene rings is 1. The molecule has 24 heavy (non-hydrogen) atoms. The largest absolute Gasteiger partial charge is 0.494 e. The SMILES string of the molecule is Cc1cc(OCCC(C)C)ccc1C(=O)CCN1CCCCC1.Cl. The highest BCUT2D eigenvalue weighted by atomic mass is 35.5. The van der Waals surface area contributed by atoms with Gasteiger partial charge in [-0.15, -0.1) is 12.4 Å². The van der Waals surface area contributed by atoms with E-state index in [2.05, 4.69) is 18.7 Å². The second kappa shape index (κ2) is 10.7. The van der Waals surface area contributed by atoms with E-state index in [-0.39, 0.29) is 18.2 Å². The van der Waals surface area contributed by atoms with Crippen molar-refractivity contribution in [3.8, 4) is 5.75 Å². The van der Waals surface area contributed by atoms with Gasteiger partial charge in [0, 0.05) is 18.5 Å². The van der Waals surface area contributed by atoms with E-state index in [1.165, 1.54) is 19.3 Å². The summed E-state index contributed by atoms with van der Waals surface area (Å²) in [6, 6.07) is 5.86. The summed E-state index contributed by atoms with van der Waals surface area (Å²) in [5, 5.41) is 0. The van der Waals surface area contributed by atoms with E-state index in [4.69, 9.17) is 4.74 Å². The number of nitrogens with zero attached hydrogens (tertiary/aromatic N) is 1. The molecule has 1 aliphatic heterocycles. The molecule has 1 aromatic rings. The molecule has 1 heterocycles. The first-order chi connectivity index (χ1) is 11.1. The Morgan fingerprint density at radius 2 is 1.92 bits per heavy atom. The van der Waals surface area contributed by atoms with Crippen LogP contribution in [0.3, 0.4) is 0 Å². The van der Waals surface area contributed by atoms with Gasteiger partial charge in [-0.05, 0) is 69.0 Å². The summed E-state index contributed by atoms with van der Waals surface area (Å²) in [6.07, 6.45) is 5.55. The van der Waals surface area contributed by atoms with Crippen LogP contribution in [-0.4, -0.2) is 36.9 Å². The smallest absolute Gasteiger partial charge is 0.164 e. The Kier molecular flexibility index (Phi) is 9.38. The van der Waals surface area contributed by atoms with E-state index in [9.17, 15) is 4.79 Å². The van der Waals surface area contributed by atoms with Crippen LogP contribution in [0.5, 0.6) is 5.75 Å². The van der Waals surface area contributed by atoms with Gasteiger partial charge in [0.1, 0.15) is 5.75 Å². The first kappa shape index (κ1) is 21.0. The van der Waals surface area contributed by atoms with Crippen LogP contribution in [0.15, 0.2) is 18.2 Å². The van der Waals surface area contributed by atoms with Crippen LogP contribution in [0.2, 0.25) is 0 Å². The lowest BCUT2D eigenvalue weighted by atomic mass is 10.0. The molecule has 0 aliphatic carbocycles. The molecule has 1 aliphatic rings. The van der Waals surface area contributed by atoms with Crippen LogP contribution in [-0.2, 0) is 0 Å². The second-order valence-corrected chi connectivity index (χ2v) is 7.08. The highest BCUT2D eigenvalue weighted by Crippen LogP contribution is 2.20. The van der Waals surface area contributed by atoms with Crippen LogP contribution in [0.1, 0.15) is 61.9 Å². The number of ether oxygens (including phenoxy) is 1. The molecule has 0 aromatic heterocycles. The van der Waals surface area contributed by atoms with Crippen molar-refractivity contribution in [2.75, 3.05) is 26.2 Å². The first-order valence-corrected chi connectivity index (χ1v) is 9.05. The van der Waals surface area contributed by atoms with E-state index >= 15 is 0 Å². The molecule has 0 bridgehead atoms. The summed E-state index contributed by atoms with van der Waals surface area (Å²) in [5.41, 5.74) is 1.87. The van der Waals surface area contributed by atoms with Gasteiger partial charge in [0.15, 0.2) is 5.78 Å². The normalized spacial score (nSPS) is 15.2. The van der Waals surface area contributed by atoms with Crippen molar-refractivity contribution in [3.05, 3.63) is 29.3 Å². The third-order valence-corrected chi connectivity index (χ3v) is 4.57. The minimum absolute atomic E-state index is 0. The van der Waals surface area contributed by atoms with E-state index in [1.807, 2.05) is 25.1 Å². The lowest BCUT2D eigenvalue weighted by Gasteiger charge is -2.26. The third kappa shape index (κ3) is 6.82. The molecule has 136 valence electrons. The average molecular weight is 354 g/mol. The molecular formula is C20H32ClNO2. The molecule has 0 N–H and O–H groups in total. The van der Waals surface area contributed by atoms with Gasteiger partial charge in [-0.3, -0.25) is 4.79 Å². The Labute approximate surface area is 153 Å². The summed E-state index contributed by atoms with van der Waals surface area (Å²) in [5.74, 6) is 1.77. The zero-order valence-corrected chi connectivity index (χ0v) is 16.2. The standard InChI is InChI=1S/C20H31NO2.ClH/c1-16(2)10-14-23-18-7-8-19(17(3)15-18)20(22)9-13-21-11-5-4-6-12-21;/h7-8,15-16H,4-6,9-14H2,1-3H3;1H. The summed E-state index contributed by atoms with van der Waals surface area (Å²) < 4.78 is 5.77. The summed E-state index contributed by atoms with van der Waals surface area (Å²) in [6.45, 7) is 10.3. The molecule has 1 fully saturated rings. The maximum Gasteiger partial charge on any atom is 0.164 e. The molecule has 0 atom stereocenters. The zero-order valence-electron chi connectivity index (χ0n) is 15.3. The quantitative estimate of drug-likeness (QED) is 0.622. The van der Waals surface area contributed by atoms with Crippen molar-refractivity contribution in [2.45, 2.75) is 52.9 Å².